The third-order valence-corrected chi connectivity index (χ3v) is 3.13. The molecular formula is C11H9N5S. The Labute approximate surface area is 102 Å². The SMILES string of the molecule is Nc1ccnc(Sc2nnc3ccccn23)c1. The molecule has 0 atom stereocenters. The van der Waals surface area contributed by atoms with Gasteiger partial charge < -0.3 is 5.73 Å². The summed E-state index contributed by atoms with van der Waals surface area (Å²) in [5.41, 5.74) is 7.21. The van der Waals surface area contributed by atoms with Gasteiger partial charge in [0.1, 0.15) is 5.03 Å². The first-order valence-electron chi connectivity index (χ1n) is 5.02. The number of nitrogens with zero attached hydrogens (tertiary/aromatic N) is 4. The average Bonchev–Trinajstić information content (AvgIpc) is 2.73. The Balaban J connectivity index is 2.00. The highest BCUT2D eigenvalue weighted by Gasteiger charge is 2.07. The lowest BCUT2D eigenvalue weighted by Crippen LogP contribution is -1.89. The molecule has 0 unspecified atom stereocenters. The molecule has 3 heterocycles. The lowest BCUT2D eigenvalue weighted by Gasteiger charge is -1.99. The first kappa shape index (κ1) is 10.1. The molecule has 17 heavy (non-hydrogen) atoms. The van der Waals surface area contributed by atoms with Crippen molar-refractivity contribution in [3.05, 3.63) is 42.7 Å². The normalized spacial score (nSPS) is 10.8. The summed E-state index contributed by atoms with van der Waals surface area (Å²) in [6.07, 6.45) is 3.60. The molecule has 84 valence electrons. The molecule has 0 aromatic carbocycles. The Morgan fingerprint density at radius 1 is 1.18 bits per heavy atom. The van der Waals surface area contributed by atoms with Crippen LogP contribution in [-0.2, 0) is 0 Å². The maximum atomic E-state index is 5.70. The fourth-order valence-electron chi connectivity index (χ4n) is 1.46. The number of nitrogen functional groups attached to an aromatic ring is 1. The molecule has 0 aliphatic carbocycles. The molecule has 2 N–H and O–H groups in total. The van der Waals surface area contributed by atoms with E-state index >= 15 is 0 Å². The summed E-state index contributed by atoms with van der Waals surface area (Å²) < 4.78 is 1.91. The van der Waals surface area contributed by atoms with E-state index in [4.69, 9.17) is 5.73 Å². The van der Waals surface area contributed by atoms with Crippen LogP contribution in [-0.4, -0.2) is 19.6 Å². The van der Waals surface area contributed by atoms with Crippen LogP contribution in [0.2, 0.25) is 0 Å². The van der Waals surface area contributed by atoms with Gasteiger partial charge in [0.2, 0.25) is 5.16 Å². The summed E-state index contributed by atoms with van der Waals surface area (Å²) in [6, 6.07) is 9.34. The topological polar surface area (TPSA) is 69.1 Å². The lowest BCUT2D eigenvalue weighted by atomic mass is 10.4. The van der Waals surface area contributed by atoms with Crippen molar-refractivity contribution in [2.75, 3.05) is 5.73 Å². The monoisotopic (exact) mass is 243 g/mol. The number of hydrogen-bond donors (Lipinski definition) is 1. The van der Waals surface area contributed by atoms with Crippen LogP contribution < -0.4 is 5.73 Å². The van der Waals surface area contributed by atoms with E-state index in [2.05, 4.69) is 15.2 Å². The van der Waals surface area contributed by atoms with E-state index in [1.165, 1.54) is 11.8 Å². The summed E-state index contributed by atoms with van der Waals surface area (Å²) in [6.45, 7) is 0. The molecule has 0 spiro atoms. The maximum Gasteiger partial charge on any atom is 0.201 e. The fourth-order valence-corrected chi connectivity index (χ4v) is 2.29. The van der Waals surface area contributed by atoms with Crippen molar-refractivity contribution in [2.45, 2.75) is 10.2 Å². The van der Waals surface area contributed by atoms with Gasteiger partial charge in [-0.15, -0.1) is 10.2 Å². The van der Waals surface area contributed by atoms with Crippen molar-refractivity contribution in [1.29, 1.82) is 0 Å². The molecule has 0 saturated heterocycles. The number of rotatable bonds is 2. The summed E-state index contributed by atoms with van der Waals surface area (Å²) in [7, 11) is 0. The van der Waals surface area contributed by atoms with Gasteiger partial charge in [-0.3, -0.25) is 4.40 Å². The molecule has 0 radical (unpaired) electrons. The highest BCUT2D eigenvalue weighted by molar-refractivity contribution is 7.99. The van der Waals surface area contributed by atoms with Gasteiger partial charge in [0.05, 0.1) is 0 Å². The zero-order valence-corrected chi connectivity index (χ0v) is 9.63. The molecule has 6 heteroatoms. The van der Waals surface area contributed by atoms with E-state index in [-0.39, 0.29) is 0 Å². The van der Waals surface area contributed by atoms with Gasteiger partial charge in [0, 0.05) is 18.1 Å². The number of anilines is 1. The highest BCUT2D eigenvalue weighted by Crippen LogP contribution is 2.25. The second kappa shape index (κ2) is 4.06. The van der Waals surface area contributed by atoms with Gasteiger partial charge in [0.25, 0.3) is 0 Å². The van der Waals surface area contributed by atoms with Crippen molar-refractivity contribution in [1.82, 2.24) is 19.6 Å². The van der Waals surface area contributed by atoms with Crippen molar-refractivity contribution < 1.29 is 0 Å². The standard InChI is InChI=1S/C11H9N5S/c12-8-4-5-13-10(7-8)17-11-15-14-9-3-1-2-6-16(9)11/h1-7H,(H2,12,13). The van der Waals surface area contributed by atoms with Gasteiger partial charge in [-0.05, 0) is 36.0 Å². The largest absolute Gasteiger partial charge is 0.399 e. The molecule has 5 nitrogen and oxygen atoms in total. The van der Waals surface area contributed by atoms with Gasteiger partial charge >= 0.3 is 0 Å². The smallest absolute Gasteiger partial charge is 0.201 e. The Bertz CT molecular complexity index is 664. The number of hydrogen-bond acceptors (Lipinski definition) is 5. The molecule has 0 bridgehead atoms. The van der Waals surface area contributed by atoms with Crippen LogP contribution in [0.3, 0.4) is 0 Å². The van der Waals surface area contributed by atoms with Crippen molar-refractivity contribution in [3.63, 3.8) is 0 Å². The molecule has 3 aromatic rings. The number of pyridine rings is 2. The van der Waals surface area contributed by atoms with Crippen LogP contribution >= 0.6 is 11.8 Å². The Morgan fingerprint density at radius 2 is 2.12 bits per heavy atom. The third-order valence-electron chi connectivity index (χ3n) is 2.24. The van der Waals surface area contributed by atoms with Crippen LogP contribution in [0.5, 0.6) is 0 Å². The van der Waals surface area contributed by atoms with Crippen LogP contribution in [0.4, 0.5) is 5.69 Å². The Kier molecular flexibility index (Phi) is 2.41. The second-order valence-corrected chi connectivity index (χ2v) is 4.43. The van der Waals surface area contributed by atoms with Crippen LogP contribution in [0.1, 0.15) is 0 Å². The molecule has 3 rings (SSSR count). The Hall–Kier alpha value is -2.08. The number of fused-ring (bicyclic) bond motifs is 1. The van der Waals surface area contributed by atoms with Gasteiger partial charge in [-0.1, -0.05) is 6.07 Å². The number of aromatic nitrogens is 4. The lowest BCUT2D eigenvalue weighted by molar-refractivity contribution is 0.917. The van der Waals surface area contributed by atoms with Crippen molar-refractivity contribution in [3.8, 4) is 0 Å². The summed E-state index contributed by atoms with van der Waals surface area (Å²) in [5, 5.41) is 9.77. The average molecular weight is 243 g/mol. The van der Waals surface area contributed by atoms with E-state index in [0.29, 0.717) is 5.69 Å². The fraction of sp³-hybridized carbons (Fsp3) is 0. The number of nitrogens with two attached hydrogens (primary N) is 1. The quantitative estimate of drug-likeness (QED) is 0.744. The minimum absolute atomic E-state index is 0.691. The van der Waals surface area contributed by atoms with E-state index in [1.54, 1.807) is 12.3 Å². The first-order valence-corrected chi connectivity index (χ1v) is 5.84. The van der Waals surface area contributed by atoms with E-state index < -0.39 is 0 Å². The predicted molar refractivity (Wildman–Crippen MR) is 65.8 cm³/mol. The van der Waals surface area contributed by atoms with E-state index in [9.17, 15) is 0 Å². The molecule has 3 aromatic heterocycles. The van der Waals surface area contributed by atoms with Crippen molar-refractivity contribution >= 4 is 23.1 Å². The molecule has 0 aliphatic rings. The van der Waals surface area contributed by atoms with Gasteiger partial charge in [0.15, 0.2) is 5.65 Å². The van der Waals surface area contributed by atoms with Crippen LogP contribution in [0, 0.1) is 0 Å². The summed E-state index contributed by atoms with van der Waals surface area (Å²) >= 11 is 1.44. The first-order chi connectivity index (χ1) is 8.33. The van der Waals surface area contributed by atoms with Crippen LogP contribution in [0.25, 0.3) is 5.65 Å². The predicted octanol–water partition coefficient (Wildman–Crippen LogP) is 1.86. The van der Waals surface area contributed by atoms with Gasteiger partial charge in [-0.25, -0.2) is 4.98 Å². The highest BCUT2D eigenvalue weighted by atomic mass is 32.2. The summed E-state index contributed by atoms with van der Waals surface area (Å²) in [4.78, 5) is 4.22. The molecular weight excluding hydrogens is 234 g/mol. The van der Waals surface area contributed by atoms with Crippen molar-refractivity contribution in [2.24, 2.45) is 0 Å². The zero-order valence-electron chi connectivity index (χ0n) is 8.82. The zero-order chi connectivity index (χ0) is 11.7. The molecule has 0 fully saturated rings. The Morgan fingerprint density at radius 3 is 3.00 bits per heavy atom. The summed E-state index contributed by atoms with van der Waals surface area (Å²) in [5.74, 6) is 0. The second-order valence-electron chi connectivity index (χ2n) is 3.44. The maximum absolute atomic E-state index is 5.70. The molecule has 0 aliphatic heterocycles. The molecule has 0 amide bonds. The minimum Gasteiger partial charge on any atom is -0.399 e. The van der Waals surface area contributed by atoms with E-state index in [1.807, 2.05) is 34.9 Å². The molecule has 0 saturated carbocycles. The van der Waals surface area contributed by atoms with Crippen LogP contribution in [0.15, 0.2) is 52.9 Å². The minimum atomic E-state index is 0.691. The van der Waals surface area contributed by atoms with Gasteiger partial charge in [-0.2, -0.15) is 0 Å². The van der Waals surface area contributed by atoms with E-state index in [0.717, 1.165) is 15.8 Å². The third kappa shape index (κ3) is 1.94.